The van der Waals surface area contributed by atoms with E-state index in [0.29, 0.717) is 5.69 Å². The van der Waals surface area contributed by atoms with Gasteiger partial charge < -0.3 is 14.7 Å². The number of piperazine rings is 2. The number of hydrogen-bond acceptors (Lipinski definition) is 6. The van der Waals surface area contributed by atoms with Gasteiger partial charge in [-0.3, -0.25) is 9.69 Å². The molecule has 29 heavy (non-hydrogen) atoms. The zero-order valence-electron chi connectivity index (χ0n) is 17.2. The Morgan fingerprint density at radius 3 is 2.38 bits per heavy atom. The van der Waals surface area contributed by atoms with Crippen LogP contribution in [-0.4, -0.2) is 96.5 Å². The van der Waals surface area contributed by atoms with Gasteiger partial charge in [-0.25, -0.2) is 9.97 Å². The monoisotopic (exact) mass is 394 g/mol. The number of carbonyl (C=O) groups excluding carboxylic acids is 1. The summed E-state index contributed by atoms with van der Waals surface area (Å²) < 4.78 is 0. The number of carbonyl (C=O) groups is 1. The molecule has 4 rings (SSSR count). The molecule has 0 aliphatic carbocycles. The van der Waals surface area contributed by atoms with Crippen molar-refractivity contribution in [3.05, 3.63) is 54.0 Å². The molecule has 0 unspecified atom stereocenters. The maximum Gasteiger partial charge on any atom is 0.272 e. The first-order valence-electron chi connectivity index (χ1n) is 10.5. The van der Waals surface area contributed by atoms with Gasteiger partial charge in [0.2, 0.25) is 0 Å². The Kier molecular flexibility index (Phi) is 6.36. The fourth-order valence-corrected chi connectivity index (χ4v) is 3.94. The summed E-state index contributed by atoms with van der Waals surface area (Å²) in [5.41, 5.74) is 1.87. The molecule has 1 amide bonds. The second kappa shape index (κ2) is 9.33. The molecule has 0 bridgehead atoms. The van der Waals surface area contributed by atoms with Crippen LogP contribution in [0.15, 0.2) is 42.7 Å². The first-order valence-corrected chi connectivity index (χ1v) is 10.5. The van der Waals surface area contributed by atoms with E-state index < -0.39 is 0 Å². The van der Waals surface area contributed by atoms with Crippen LogP contribution < -0.4 is 4.90 Å². The molecule has 3 heterocycles. The largest absolute Gasteiger partial charge is 0.354 e. The molecule has 2 aliphatic rings. The summed E-state index contributed by atoms with van der Waals surface area (Å²) in [6.07, 6.45) is 2.58. The summed E-state index contributed by atoms with van der Waals surface area (Å²) in [6.45, 7) is 8.25. The van der Waals surface area contributed by atoms with Gasteiger partial charge in [0.1, 0.15) is 17.8 Å². The lowest BCUT2D eigenvalue weighted by atomic mass is 10.1. The number of nitrogens with zero attached hydrogens (tertiary/aromatic N) is 6. The van der Waals surface area contributed by atoms with E-state index in [-0.39, 0.29) is 5.91 Å². The number of amides is 1. The standard InChI is InChI=1S/C22H30N6O/c1-25-9-13-27(14-10-25)21-17-20(23-18-24-21)22(29)28-15-11-26(12-16-28)8-7-19-5-3-2-4-6-19/h2-6,17-18H,7-16H2,1H3. The Bertz CT molecular complexity index is 798. The van der Waals surface area contributed by atoms with Gasteiger partial charge in [-0.2, -0.15) is 0 Å². The van der Waals surface area contributed by atoms with Crippen LogP contribution in [-0.2, 0) is 6.42 Å². The number of likely N-dealkylation sites (N-methyl/N-ethyl adjacent to an activating group) is 1. The molecule has 0 N–H and O–H groups in total. The van der Waals surface area contributed by atoms with Crippen molar-refractivity contribution in [3.8, 4) is 0 Å². The number of aromatic nitrogens is 2. The third-order valence-corrected chi connectivity index (χ3v) is 5.92. The highest BCUT2D eigenvalue weighted by atomic mass is 16.2. The highest BCUT2D eigenvalue weighted by Gasteiger charge is 2.24. The van der Waals surface area contributed by atoms with Gasteiger partial charge in [-0.15, -0.1) is 0 Å². The number of hydrogen-bond donors (Lipinski definition) is 0. The van der Waals surface area contributed by atoms with Crippen molar-refractivity contribution in [2.45, 2.75) is 6.42 Å². The van der Waals surface area contributed by atoms with E-state index in [1.807, 2.05) is 11.0 Å². The normalized spacial score (nSPS) is 18.8. The Balaban J connectivity index is 1.30. The van der Waals surface area contributed by atoms with Crippen molar-refractivity contribution in [3.63, 3.8) is 0 Å². The van der Waals surface area contributed by atoms with Crippen molar-refractivity contribution in [1.29, 1.82) is 0 Å². The van der Waals surface area contributed by atoms with Crippen LogP contribution >= 0.6 is 0 Å². The highest BCUT2D eigenvalue weighted by molar-refractivity contribution is 5.93. The van der Waals surface area contributed by atoms with Crippen LogP contribution in [0.3, 0.4) is 0 Å². The van der Waals surface area contributed by atoms with E-state index in [1.54, 1.807) is 0 Å². The fourth-order valence-electron chi connectivity index (χ4n) is 3.94. The minimum absolute atomic E-state index is 0.0190. The first-order chi connectivity index (χ1) is 14.2. The smallest absolute Gasteiger partial charge is 0.272 e. The van der Waals surface area contributed by atoms with Crippen LogP contribution in [0.1, 0.15) is 16.1 Å². The maximum atomic E-state index is 13.0. The first kappa shape index (κ1) is 19.8. The molecule has 0 spiro atoms. The predicted octanol–water partition coefficient (Wildman–Crippen LogP) is 1.23. The van der Waals surface area contributed by atoms with Gasteiger partial charge in [0, 0.05) is 65.0 Å². The van der Waals surface area contributed by atoms with Crippen molar-refractivity contribution in [2.75, 3.05) is 70.9 Å². The van der Waals surface area contributed by atoms with E-state index >= 15 is 0 Å². The number of benzene rings is 1. The summed E-state index contributed by atoms with van der Waals surface area (Å²) in [7, 11) is 2.13. The maximum absolute atomic E-state index is 13.0. The molecular weight excluding hydrogens is 364 g/mol. The second-order valence-corrected chi connectivity index (χ2v) is 7.92. The molecule has 2 aromatic rings. The molecule has 1 aromatic heterocycles. The van der Waals surface area contributed by atoms with Crippen LogP contribution in [0.25, 0.3) is 0 Å². The van der Waals surface area contributed by atoms with Gasteiger partial charge in [-0.1, -0.05) is 30.3 Å². The lowest BCUT2D eigenvalue weighted by molar-refractivity contribution is 0.0632. The zero-order valence-corrected chi connectivity index (χ0v) is 17.2. The van der Waals surface area contributed by atoms with Gasteiger partial charge >= 0.3 is 0 Å². The predicted molar refractivity (Wildman–Crippen MR) is 114 cm³/mol. The summed E-state index contributed by atoms with van der Waals surface area (Å²) in [4.78, 5) is 30.5. The molecule has 0 atom stereocenters. The van der Waals surface area contributed by atoms with Crippen molar-refractivity contribution < 1.29 is 4.79 Å². The topological polar surface area (TPSA) is 55.8 Å². The van der Waals surface area contributed by atoms with Crippen LogP contribution in [0.4, 0.5) is 5.82 Å². The third-order valence-electron chi connectivity index (χ3n) is 5.92. The number of rotatable bonds is 5. The van der Waals surface area contributed by atoms with Crippen LogP contribution in [0.2, 0.25) is 0 Å². The van der Waals surface area contributed by atoms with Crippen molar-refractivity contribution in [2.24, 2.45) is 0 Å². The lowest BCUT2D eigenvalue weighted by Gasteiger charge is -2.35. The third kappa shape index (κ3) is 5.10. The average molecular weight is 395 g/mol. The van der Waals surface area contributed by atoms with E-state index in [9.17, 15) is 4.79 Å². The summed E-state index contributed by atoms with van der Waals surface area (Å²) >= 11 is 0. The Hall–Kier alpha value is -2.51. The van der Waals surface area contributed by atoms with Gasteiger partial charge in [-0.05, 0) is 19.0 Å². The minimum Gasteiger partial charge on any atom is -0.354 e. The van der Waals surface area contributed by atoms with Crippen molar-refractivity contribution >= 4 is 11.7 Å². The Labute approximate surface area is 172 Å². The van der Waals surface area contributed by atoms with Crippen LogP contribution in [0.5, 0.6) is 0 Å². The molecule has 154 valence electrons. The lowest BCUT2D eigenvalue weighted by Crippen LogP contribution is -2.49. The average Bonchev–Trinajstić information content (AvgIpc) is 2.79. The van der Waals surface area contributed by atoms with E-state index in [1.165, 1.54) is 11.9 Å². The van der Waals surface area contributed by atoms with Gasteiger partial charge in [0.25, 0.3) is 5.91 Å². The molecule has 2 saturated heterocycles. The Morgan fingerprint density at radius 2 is 1.66 bits per heavy atom. The molecule has 2 aliphatic heterocycles. The molecule has 7 nitrogen and oxygen atoms in total. The minimum atomic E-state index is 0.0190. The quantitative estimate of drug-likeness (QED) is 0.760. The number of anilines is 1. The fraction of sp³-hybridized carbons (Fsp3) is 0.500. The molecular formula is C22H30N6O. The molecule has 7 heteroatoms. The van der Waals surface area contributed by atoms with Gasteiger partial charge in [0.15, 0.2) is 0 Å². The van der Waals surface area contributed by atoms with E-state index in [0.717, 1.165) is 71.1 Å². The Morgan fingerprint density at radius 1 is 0.931 bits per heavy atom. The molecule has 0 saturated carbocycles. The van der Waals surface area contributed by atoms with Crippen molar-refractivity contribution in [1.82, 2.24) is 24.7 Å². The second-order valence-electron chi connectivity index (χ2n) is 7.92. The molecule has 2 fully saturated rings. The van der Waals surface area contributed by atoms with Gasteiger partial charge in [0.05, 0.1) is 0 Å². The summed E-state index contributed by atoms with van der Waals surface area (Å²) in [6, 6.07) is 12.4. The summed E-state index contributed by atoms with van der Waals surface area (Å²) in [5, 5.41) is 0. The van der Waals surface area contributed by atoms with E-state index in [2.05, 4.69) is 62.0 Å². The van der Waals surface area contributed by atoms with E-state index in [4.69, 9.17) is 0 Å². The SMILES string of the molecule is CN1CCN(c2cc(C(=O)N3CCN(CCc4ccccc4)CC3)ncn2)CC1. The molecule has 0 radical (unpaired) electrons. The zero-order chi connectivity index (χ0) is 20.1. The van der Waals surface area contributed by atoms with Crippen LogP contribution in [0, 0.1) is 0 Å². The summed E-state index contributed by atoms with van der Waals surface area (Å²) in [5.74, 6) is 0.878. The highest BCUT2D eigenvalue weighted by Crippen LogP contribution is 2.15. The molecule has 1 aromatic carbocycles.